The second kappa shape index (κ2) is 6.39. The van der Waals surface area contributed by atoms with Crippen LogP contribution in [0.3, 0.4) is 0 Å². The van der Waals surface area contributed by atoms with Gasteiger partial charge in [-0.2, -0.15) is 0 Å². The monoisotopic (exact) mass is 348 g/mol. The third-order valence-electron chi connectivity index (χ3n) is 5.91. The van der Waals surface area contributed by atoms with E-state index in [0.717, 1.165) is 37.6 Å². The Balaban J connectivity index is 1.48. The maximum atomic E-state index is 13.4. The highest BCUT2D eigenvalue weighted by Crippen LogP contribution is 2.38. The minimum atomic E-state index is -0.720. The van der Waals surface area contributed by atoms with Gasteiger partial charge in [-0.3, -0.25) is 9.59 Å². The molecule has 2 atom stereocenters. The molecule has 0 aromatic heterocycles. The molecule has 2 heterocycles. The van der Waals surface area contributed by atoms with Gasteiger partial charge in [0.1, 0.15) is 11.6 Å². The number of nitrogens with zero attached hydrogens (tertiary/aromatic N) is 2. The summed E-state index contributed by atoms with van der Waals surface area (Å²) in [5.41, 5.74) is 0.190. The fourth-order valence-corrected chi connectivity index (χ4v) is 4.43. The molecule has 1 saturated carbocycles. The number of hydrogen-bond donors (Lipinski definition) is 0. The molecule has 2 aliphatic heterocycles. The van der Waals surface area contributed by atoms with Crippen LogP contribution in [0.5, 0.6) is 0 Å². The third kappa shape index (κ3) is 3.02. The maximum absolute atomic E-state index is 13.4. The summed E-state index contributed by atoms with van der Waals surface area (Å²) in [5.74, 6) is -1.47. The zero-order chi connectivity index (χ0) is 17.6. The number of anilines is 1. The van der Waals surface area contributed by atoms with Gasteiger partial charge in [-0.25, -0.2) is 8.78 Å². The van der Waals surface area contributed by atoms with Gasteiger partial charge in [0.25, 0.3) is 0 Å². The number of halogens is 2. The van der Waals surface area contributed by atoms with Crippen LogP contribution in [0.1, 0.15) is 38.5 Å². The molecule has 2 saturated heterocycles. The zero-order valence-corrected chi connectivity index (χ0v) is 14.1. The summed E-state index contributed by atoms with van der Waals surface area (Å²) >= 11 is 0. The molecule has 6 heteroatoms. The van der Waals surface area contributed by atoms with Crippen molar-refractivity contribution in [3.63, 3.8) is 0 Å². The van der Waals surface area contributed by atoms with E-state index in [9.17, 15) is 18.4 Å². The normalized spacial score (nSPS) is 27.0. The third-order valence-corrected chi connectivity index (χ3v) is 5.91. The van der Waals surface area contributed by atoms with E-state index >= 15 is 0 Å². The first-order valence-corrected chi connectivity index (χ1v) is 9.10. The number of carbonyl (C=O) groups is 2. The van der Waals surface area contributed by atoms with Gasteiger partial charge in [0, 0.05) is 37.3 Å². The highest BCUT2D eigenvalue weighted by Gasteiger charge is 2.43. The van der Waals surface area contributed by atoms with E-state index in [1.807, 2.05) is 4.90 Å². The van der Waals surface area contributed by atoms with Crippen molar-refractivity contribution in [1.82, 2.24) is 4.90 Å². The number of amides is 2. The molecule has 25 heavy (non-hydrogen) atoms. The van der Waals surface area contributed by atoms with Gasteiger partial charge in [0.2, 0.25) is 11.8 Å². The summed E-state index contributed by atoms with van der Waals surface area (Å²) in [7, 11) is 0. The van der Waals surface area contributed by atoms with Crippen molar-refractivity contribution in [2.75, 3.05) is 18.0 Å². The Morgan fingerprint density at radius 2 is 1.76 bits per heavy atom. The minimum absolute atomic E-state index is 0.0297. The van der Waals surface area contributed by atoms with E-state index < -0.39 is 17.6 Å². The number of hydrogen-bond acceptors (Lipinski definition) is 2. The lowest BCUT2D eigenvalue weighted by atomic mass is 9.78. The fourth-order valence-electron chi connectivity index (χ4n) is 4.43. The van der Waals surface area contributed by atoms with Crippen LogP contribution < -0.4 is 4.90 Å². The van der Waals surface area contributed by atoms with Gasteiger partial charge in [-0.05, 0) is 43.7 Å². The van der Waals surface area contributed by atoms with Crippen molar-refractivity contribution in [3.05, 3.63) is 29.8 Å². The lowest BCUT2D eigenvalue weighted by Crippen LogP contribution is -2.45. The molecule has 0 spiro atoms. The Bertz CT molecular complexity index is 684. The molecule has 2 amide bonds. The molecule has 4 rings (SSSR count). The molecule has 1 aliphatic carbocycles. The van der Waals surface area contributed by atoms with Crippen molar-refractivity contribution in [1.29, 1.82) is 0 Å². The van der Waals surface area contributed by atoms with Gasteiger partial charge >= 0.3 is 0 Å². The quantitative estimate of drug-likeness (QED) is 0.842. The first kappa shape index (κ1) is 16.5. The lowest BCUT2D eigenvalue weighted by molar-refractivity contribution is -0.138. The molecule has 3 fully saturated rings. The molecule has 0 radical (unpaired) electrons. The van der Waals surface area contributed by atoms with Crippen molar-refractivity contribution in [2.45, 2.75) is 44.6 Å². The Morgan fingerprint density at radius 3 is 2.40 bits per heavy atom. The van der Waals surface area contributed by atoms with E-state index in [1.165, 1.54) is 24.2 Å². The van der Waals surface area contributed by atoms with Crippen LogP contribution in [0.2, 0.25) is 0 Å². The van der Waals surface area contributed by atoms with E-state index in [1.54, 1.807) is 0 Å². The summed E-state index contributed by atoms with van der Waals surface area (Å²) in [6.45, 7) is 0.966. The Labute approximate surface area is 145 Å². The summed E-state index contributed by atoms with van der Waals surface area (Å²) in [6.07, 6.45) is 5.80. The summed E-state index contributed by atoms with van der Waals surface area (Å²) in [4.78, 5) is 28.6. The Morgan fingerprint density at radius 1 is 1.04 bits per heavy atom. The second-order valence-corrected chi connectivity index (χ2v) is 7.47. The smallest absolute Gasteiger partial charge is 0.228 e. The van der Waals surface area contributed by atoms with Crippen LogP contribution in [0.25, 0.3) is 0 Å². The number of benzene rings is 1. The highest BCUT2D eigenvalue weighted by molar-refractivity contribution is 6.00. The van der Waals surface area contributed by atoms with Crippen molar-refractivity contribution in [3.8, 4) is 0 Å². The topological polar surface area (TPSA) is 40.6 Å². The average Bonchev–Trinajstić information content (AvgIpc) is 3.11. The van der Waals surface area contributed by atoms with E-state index in [4.69, 9.17) is 0 Å². The number of likely N-dealkylation sites (tertiary alicyclic amines) is 1. The first-order valence-electron chi connectivity index (χ1n) is 9.10. The molecule has 2 unspecified atom stereocenters. The first-order chi connectivity index (χ1) is 12.0. The van der Waals surface area contributed by atoms with Crippen LogP contribution >= 0.6 is 0 Å². The second-order valence-electron chi connectivity index (χ2n) is 7.47. The molecule has 3 aliphatic rings. The van der Waals surface area contributed by atoms with Crippen molar-refractivity contribution >= 4 is 17.5 Å². The van der Waals surface area contributed by atoms with Gasteiger partial charge in [-0.1, -0.05) is 6.42 Å². The summed E-state index contributed by atoms with van der Waals surface area (Å²) in [5, 5.41) is 0. The maximum Gasteiger partial charge on any atom is 0.228 e. The van der Waals surface area contributed by atoms with Crippen molar-refractivity contribution in [2.24, 2.45) is 11.8 Å². The van der Waals surface area contributed by atoms with E-state index in [0.29, 0.717) is 12.0 Å². The summed E-state index contributed by atoms with van der Waals surface area (Å²) in [6, 6.07) is 3.37. The molecule has 0 bridgehead atoms. The molecule has 1 aromatic rings. The van der Waals surface area contributed by atoms with Crippen molar-refractivity contribution < 1.29 is 18.4 Å². The fraction of sp³-hybridized carbons (Fsp3) is 0.579. The average molecular weight is 348 g/mol. The predicted octanol–water partition coefficient (Wildman–Crippen LogP) is 3.11. The standard InChI is InChI=1S/C19H22F2N2O2/c20-14-8-15(21)10-16(9-14)23-11-13(7-18(23)24)19(25)22-6-2-5-17(22)12-3-1-4-12/h8-10,12-13,17H,1-7,11H2. The van der Waals surface area contributed by atoms with Crippen LogP contribution in [-0.2, 0) is 9.59 Å². The number of carbonyl (C=O) groups excluding carboxylic acids is 2. The largest absolute Gasteiger partial charge is 0.339 e. The van der Waals surface area contributed by atoms with Gasteiger partial charge in [0.05, 0.1) is 5.92 Å². The summed E-state index contributed by atoms with van der Waals surface area (Å²) < 4.78 is 26.9. The lowest BCUT2D eigenvalue weighted by Gasteiger charge is -2.37. The SMILES string of the molecule is O=C1CC(C(=O)N2CCCC2C2CCC2)CN1c1cc(F)cc(F)c1. The highest BCUT2D eigenvalue weighted by atomic mass is 19.1. The molecule has 0 N–H and O–H groups in total. The van der Waals surface area contributed by atoms with Crippen LogP contribution in [0.4, 0.5) is 14.5 Å². The van der Waals surface area contributed by atoms with Crippen LogP contribution in [0, 0.1) is 23.5 Å². The minimum Gasteiger partial charge on any atom is -0.339 e. The molecule has 1 aromatic carbocycles. The van der Waals surface area contributed by atoms with Crippen LogP contribution in [0.15, 0.2) is 18.2 Å². The van der Waals surface area contributed by atoms with E-state index in [2.05, 4.69) is 0 Å². The molecule has 134 valence electrons. The van der Waals surface area contributed by atoms with Gasteiger partial charge in [0.15, 0.2) is 0 Å². The van der Waals surface area contributed by atoms with Gasteiger partial charge < -0.3 is 9.80 Å². The molecular weight excluding hydrogens is 326 g/mol. The Kier molecular flexibility index (Phi) is 4.21. The molecular formula is C19H22F2N2O2. The molecule has 4 nitrogen and oxygen atoms in total. The predicted molar refractivity (Wildman–Crippen MR) is 88.9 cm³/mol. The Hall–Kier alpha value is -1.98. The van der Waals surface area contributed by atoms with Gasteiger partial charge in [-0.15, -0.1) is 0 Å². The zero-order valence-electron chi connectivity index (χ0n) is 14.1. The number of rotatable bonds is 3. The van der Waals surface area contributed by atoms with Crippen LogP contribution in [-0.4, -0.2) is 35.8 Å². The van der Waals surface area contributed by atoms with E-state index in [-0.39, 0.29) is 30.5 Å².